The molecule has 1 amide bonds. The van der Waals surface area contributed by atoms with Crippen LogP contribution in [0.5, 0.6) is 0 Å². The topological polar surface area (TPSA) is 68.0 Å². The summed E-state index contributed by atoms with van der Waals surface area (Å²) in [4.78, 5) is 16.7. The molecule has 1 atom stereocenters. The van der Waals surface area contributed by atoms with E-state index in [1.807, 2.05) is 44.2 Å². The van der Waals surface area contributed by atoms with Gasteiger partial charge in [0.25, 0.3) is 0 Å². The molecule has 0 fully saturated rings. The van der Waals surface area contributed by atoms with Gasteiger partial charge < -0.3 is 11.1 Å². The first-order valence-corrected chi connectivity index (χ1v) is 8.80. The molecule has 3 rings (SSSR count). The van der Waals surface area contributed by atoms with E-state index in [4.69, 9.17) is 5.73 Å². The normalized spacial score (nSPS) is 12.5. The van der Waals surface area contributed by atoms with Crippen LogP contribution in [-0.2, 0) is 4.79 Å². The van der Waals surface area contributed by atoms with Gasteiger partial charge in [0, 0.05) is 11.3 Å². The van der Waals surface area contributed by atoms with Crippen LogP contribution < -0.4 is 11.1 Å². The Bertz CT molecular complexity index is 868. The Hall–Kier alpha value is -2.24. The van der Waals surface area contributed by atoms with Crippen LogP contribution in [0.2, 0.25) is 0 Å². The lowest BCUT2D eigenvalue weighted by atomic mass is 10.0. The number of hydrogen-bond donors (Lipinski definition) is 2. The van der Waals surface area contributed by atoms with Crippen LogP contribution >= 0.6 is 11.3 Å². The van der Waals surface area contributed by atoms with Crippen LogP contribution in [0.15, 0.2) is 42.5 Å². The Labute approximate surface area is 145 Å². The summed E-state index contributed by atoms with van der Waals surface area (Å²) >= 11 is 1.67. The number of nitrogens with zero attached hydrogens (tertiary/aromatic N) is 1. The Kier molecular flexibility index (Phi) is 4.64. The lowest BCUT2D eigenvalue weighted by molar-refractivity contribution is -0.118. The molecular weight excluding hydrogens is 318 g/mol. The lowest BCUT2D eigenvalue weighted by Crippen LogP contribution is -2.39. The molecule has 1 aromatic heterocycles. The fraction of sp³-hybridized carbons (Fsp3) is 0.263. The van der Waals surface area contributed by atoms with Crippen molar-refractivity contribution < 1.29 is 4.79 Å². The van der Waals surface area contributed by atoms with Gasteiger partial charge in [-0.3, -0.25) is 4.79 Å². The summed E-state index contributed by atoms with van der Waals surface area (Å²) in [5.74, 6) is -0.0521. The minimum atomic E-state index is -0.503. The molecular formula is C19H21N3OS. The van der Waals surface area contributed by atoms with Crippen LogP contribution in [-0.4, -0.2) is 16.9 Å². The van der Waals surface area contributed by atoms with Crippen molar-refractivity contribution in [2.45, 2.75) is 26.8 Å². The number of amides is 1. The Morgan fingerprint density at radius 1 is 1.17 bits per heavy atom. The first-order valence-electron chi connectivity index (χ1n) is 7.98. The minimum absolute atomic E-state index is 0.107. The summed E-state index contributed by atoms with van der Waals surface area (Å²) < 4.78 is 1.19. The number of nitrogens with two attached hydrogens (primary N) is 1. The Balaban J connectivity index is 1.79. The van der Waals surface area contributed by atoms with E-state index >= 15 is 0 Å². The zero-order valence-electron chi connectivity index (χ0n) is 14.0. The minimum Gasteiger partial charge on any atom is -0.325 e. The molecule has 124 valence electrons. The zero-order valence-corrected chi connectivity index (χ0v) is 14.9. The summed E-state index contributed by atoms with van der Waals surface area (Å²) in [5.41, 5.74) is 9.90. The number of aryl methyl sites for hydroxylation is 1. The van der Waals surface area contributed by atoms with E-state index in [0.29, 0.717) is 0 Å². The second-order valence-electron chi connectivity index (χ2n) is 6.33. The van der Waals surface area contributed by atoms with Crippen LogP contribution in [0.4, 0.5) is 5.69 Å². The molecule has 3 aromatic rings. The highest BCUT2D eigenvalue weighted by molar-refractivity contribution is 7.21. The first kappa shape index (κ1) is 16.6. The lowest BCUT2D eigenvalue weighted by Gasteiger charge is -2.15. The molecule has 0 aliphatic carbocycles. The van der Waals surface area contributed by atoms with Crippen molar-refractivity contribution in [3.63, 3.8) is 0 Å². The van der Waals surface area contributed by atoms with Gasteiger partial charge >= 0.3 is 0 Å². The van der Waals surface area contributed by atoms with Gasteiger partial charge in [0.15, 0.2) is 0 Å². The van der Waals surface area contributed by atoms with Gasteiger partial charge in [0.2, 0.25) is 5.91 Å². The highest BCUT2D eigenvalue weighted by atomic mass is 32.1. The Morgan fingerprint density at radius 3 is 2.54 bits per heavy atom. The molecule has 0 spiro atoms. The van der Waals surface area contributed by atoms with Crippen molar-refractivity contribution in [2.75, 3.05) is 5.32 Å². The molecule has 0 saturated heterocycles. The molecule has 0 aliphatic heterocycles. The molecule has 0 aliphatic rings. The average Bonchev–Trinajstić information content (AvgIpc) is 2.97. The van der Waals surface area contributed by atoms with Gasteiger partial charge in [-0.25, -0.2) is 4.98 Å². The third kappa shape index (κ3) is 3.47. The molecule has 0 bridgehead atoms. The largest absolute Gasteiger partial charge is 0.325 e. The van der Waals surface area contributed by atoms with Crippen LogP contribution in [0, 0.1) is 12.8 Å². The predicted molar refractivity (Wildman–Crippen MR) is 101 cm³/mol. The van der Waals surface area contributed by atoms with E-state index < -0.39 is 6.04 Å². The number of carbonyl (C=O) groups is 1. The predicted octanol–water partition coefficient (Wildman–Crippen LogP) is 4.19. The Morgan fingerprint density at radius 2 is 1.88 bits per heavy atom. The van der Waals surface area contributed by atoms with Crippen LogP contribution in [0.1, 0.15) is 19.4 Å². The third-order valence-corrected chi connectivity index (χ3v) is 5.03. The number of rotatable bonds is 4. The van der Waals surface area contributed by atoms with Gasteiger partial charge in [-0.05, 0) is 54.8 Å². The zero-order chi connectivity index (χ0) is 17.3. The highest BCUT2D eigenvalue weighted by Crippen LogP contribution is 2.31. The van der Waals surface area contributed by atoms with Crippen molar-refractivity contribution in [1.29, 1.82) is 0 Å². The number of thiazole rings is 1. The van der Waals surface area contributed by atoms with E-state index in [1.54, 1.807) is 11.3 Å². The number of nitrogens with one attached hydrogen (secondary N) is 1. The van der Waals surface area contributed by atoms with Crippen molar-refractivity contribution in [3.8, 4) is 10.6 Å². The van der Waals surface area contributed by atoms with Crippen molar-refractivity contribution >= 4 is 33.1 Å². The molecule has 1 heterocycles. The van der Waals surface area contributed by atoms with Crippen LogP contribution in [0.25, 0.3) is 20.8 Å². The fourth-order valence-corrected chi connectivity index (χ4v) is 3.45. The number of fused-ring (bicyclic) bond motifs is 1. The van der Waals surface area contributed by atoms with Gasteiger partial charge in [0.1, 0.15) is 5.01 Å². The number of carbonyl (C=O) groups excluding carboxylic acids is 1. The first-order chi connectivity index (χ1) is 11.4. The summed E-state index contributed by atoms with van der Waals surface area (Å²) in [7, 11) is 0. The maximum Gasteiger partial charge on any atom is 0.241 e. The van der Waals surface area contributed by atoms with Crippen molar-refractivity contribution in [2.24, 2.45) is 11.7 Å². The highest BCUT2D eigenvalue weighted by Gasteiger charge is 2.17. The third-order valence-electron chi connectivity index (χ3n) is 3.96. The summed E-state index contributed by atoms with van der Waals surface area (Å²) in [6, 6.07) is 13.5. The number of benzene rings is 2. The van der Waals surface area contributed by atoms with Gasteiger partial charge in [-0.2, -0.15) is 0 Å². The maximum atomic E-state index is 12.0. The monoisotopic (exact) mass is 339 g/mol. The van der Waals surface area contributed by atoms with E-state index in [-0.39, 0.29) is 11.8 Å². The summed E-state index contributed by atoms with van der Waals surface area (Å²) in [5, 5.41) is 3.83. The molecule has 0 radical (unpaired) electrons. The average molecular weight is 339 g/mol. The van der Waals surface area contributed by atoms with Gasteiger partial charge in [0.05, 0.1) is 16.3 Å². The quantitative estimate of drug-likeness (QED) is 0.749. The van der Waals surface area contributed by atoms with E-state index in [2.05, 4.69) is 29.4 Å². The number of hydrogen-bond acceptors (Lipinski definition) is 4. The van der Waals surface area contributed by atoms with Crippen LogP contribution in [0.3, 0.4) is 0 Å². The number of anilines is 1. The van der Waals surface area contributed by atoms with Gasteiger partial charge in [-0.1, -0.05) is 19.9 Å². The molecule has 24 heavy (non-hydrogen) atoms. The molecule has 4 nitrogen and oxygen atoms in total. The van der Waals surface area contributed by atoms with Crippen molar-refractivity contribution in [1.82, 2.24) is 4.98 Å². The smallest absolute Gasteiger partial charge is 0.241 e. The fourth-order valence-electron chi connectivity index (χ4n) is 2.38. The molecule has 3 N–H and O–H groups in total. The van der Waals surface area contributed by atoms with E-state index in [0.717, 1.165) is 21.8 Å². The standard InChI is InChI=1S/C19H21N3OS/c1-11(2)17(20)18(23)21-14-7-5-13(6-8-14)19-22-15-9-4-12(3)10-16(15)24-19/h4-11,17H,20H2,1-3H3,(H,21,23)/t17-/m0/s1. The second kappa shape index (κ2) is 6.71. The summed E-state index contributed by atoms with van der Waals surface area (Å²) in [6.07, 6.45) is 0. The maximum absolute atomic E-state index is 12.0. The van der Waals surface area contributed by atoms with Crippen molar-refractivity contribution in [3.05, 3.63) is 48.0 Å². The van der Waals surface area contributed by atoms with E-state index in [1.165, 1.54) is 10.3 Å². The second-order valence-corrected chi connectivity index (χ2v) is 7.36. The van der Waals surface area contributed by atoms with Gasteiger partial charge in [-0.15, -0.1) is 11.3 Å². The number of aromatic nitrogens is 1. The molecule has 0 unspecified atom stereocenters. The summed E-state index contributed by atoms with van der Waals surface area (Å²) in [6.45, 7) is 5.95. The SMILES string of the molecule is Cc1ccc2nc(-c3ccc(NC(=O)[C@@H](N)C(C)C)cc3)sc2c1. The molecule has 2 aromatic carbocycles. The molecule has 0 saturated carbocycles. The van der Waals surface area contributed by atoms with E-state index in [9.17, 15) is 4.79 Å². The molecule has 5 heteroatoms.